The molecule has 1 aliphatic heterocycles. The zero-order valence-electron chi connectivity index (χ0n) is 7.66. The molecule has 1 atom stereocenters. The number of ether oxygens (including phenoxy) is 1. The van der Waals surface area contributed by atoms with E-state index >= 15 is 0 Å². The van der Waals surface area contributed by atoms with Crippen molar-refractivity contribution in [1.29, 1.82) is 0 Å². The highest BCUT2D eigenvalue weighted by atomic mass is 16.6. The maximum atomic E-state index is 11.2. The lowest BCUT2D eigenvalue weighted by atomic mass is 9.84. The van der Waals surface area contributed by atoms with E-state index in [2.05, 4.69) is 6.58 Å². The summed E-state index contributed by atoms with van der Waals surface area (Å²) in [5, 5.41) is 8.52. The van der Waals surface area contributed by atoms with Crippen LogP contribution in [-0.2, 0) is 14.3 Å². The average Bonchev–Trinajstić information content (AvgIpc) is 2.15. The Bertz CT molecular complexity index is 277. The van der Waals surface area contributed by atoms with E-state index in [0.29, 0.717) is 5.57 Å². The molecule has 0 amide bonds. The van der Waals surface area contributed by atoms with Crippen molar-refractivity contribution >= 4 is 11.9 Å². The molecule has 0 aliphatic carbocycles. The molecule has 4 nitrogen and oxygen atoms in total. The molecule has 0 aromatic carbocycles. The van der Waals surface area contributed by atoms with Gasteiger partial charge in [-0.2, -0.15) is 0 Å². The summed E-state index contributed by atoms with van der Waals surface area (Å²) < 4.78 is 4.88. The lowest BCUT2D eigenvalue weighted by Crippen LogP contribution is -2.19. The first kappa shape index (κ1) is 9.77. The van der Waals surface area contributed by atoms with E-state index < -0.39 is 23.5 Å². The second kappa shape index (κ2) is 2.87. The molecule has 0 spiro atoms. The molecule has 1 rings (SSSR count). The molecule has 1 saturated heterocycles. The van der Waals surface area contributed by atoms with Crippen LogP contribution in [0.5, 0.6) is 0 Å². The summed E-state index contributed by atoms with van der Waals surface area (Å²) in [5.41, 5.74) is -0.208. The highest BCUT2D eigenvalue weighted by Gasteiger charge is 2.45. The minimum Gasteiger partial charge on any atom is -0.481 e. The van der Waals surface area contributed by atoms with Crippen LogP contribution in [0, 0.1) is 5.41 Å². The third-order valence-electron chi connectivity index (χ3n) is 2.31. The monoisotopic (exact) mass is 184 g/mol. The summed E-state index contributed by atoms with van der Waals surface area (Å²) in [6.07, 6.45) is -0.867. The summed E-state index contributed by atoms with van der Waals surface area (Å²) in [7, 11) is 0. The van der Waals surface area contributed by atoms with Crippen LogP contribution in [0.15, 0.2) is 12.2 Å². The predicted molar refractivity (Wildman–Crippen MR) is 45.1 cm³/mol. The van der Waals surface area contributed by atoms with Crippen molar-refractivity contribution in [3.63, 3.8) is 0 Å². The Balaban J connectivity index is 2.80. The quantitative estimate of drug-likeness (QED) is 0.513. The Morgan fingerprint density at radius 2 is 2.23 bits per heavy atom. The molecular weight excluding hydrogens is 172 g/mol. The second-order valence-corrected chi connectivity index (χ2v) is 3.64. The molecule has 1 unspecified atom stereocenters. The van der Waals surface area contributed by atoms with Gasteiger partial charge in [0.2, 0.25) is 0 Å². The molecule has 1 aliphatic rings. The molecule has 0 aromatic rings. The van der Waals surface area contributed by atoms with Crippen molar-refractivity contribution in [3.8, 4) is 0 Å². The summed E-state index contributed by atoms with van der Waals surface area (Å²) in [4.78, 5) is 21.6. The van der Waals surface area contributed by atoms with E-state index in [0.717, 1.165) is 0 Å². The smallest absolute Gasteiger partial charge is 0.316 e. The summed E-state index contributed by atoms with van der Waals surface area (Å²) in [6.45, 7) is 7.04. The van der Waals surface area contributed by atoms with Gasteiger partial charge in [-0.05, 0) is 19.4 Å². The molecule has 0 bridgehead atoms. The van der Waals surface area contributed by atoms with Gasteiger partial charge in [0, 0.05) is 0 Å². The third-order valence-corrected chi connectivity index (χ3v) is 2.31. The largest absolute Gasteiger partial charge is 0.481 e. The van der Waals surface area contributed by atoms with Crippen LogP contribution in [0.2, 0.25) is 0 Å². The Morgan fingerprint density at radius 3 is 2.54 bits per heavy atom. The zero-order valence-corrected chi connectivity index (χ0v) is 7.66. The second-order valence-electron chi connectivity index (χ2n) is 3.64. The number of cyclic esters (lactones) is 1. The van der Waals surface area contributed by atoms with Crippen LogP contribution in [0.25, 0.3) is 0 Å². The fraction of sp³-hybridized carbons (Fsp3) is 0.556. The molecule has 0 radical (unpaired) electrons. The van der Waals surface area contributed by atoms with E-state index in [1.54, 1.807) is 13.8 Å². The third kappa shape index (κ3) is 1.56. The minimum atomic E-state index is -0.989. The van der Waals surface area contributed by atoms with Gasteiger partial charge < -0.3 is 9.84 Å². The van der Waals surface area contributed by atoms with E-state index in [-0.39, 0.29) is 6.42 Å². The number of carbonyl (C=O) groups is 2. The topological polar surface area (TPSA) is 63.6 Å². The molecule has 4 heteroatoms. The van der Waals surface area contributed by atoms with Gasteiger partial charge in [-0.3, -0.25) is 9.59 Å². The van der Waals surface area contributed by atoms with Crippen LogP contribution in [0.4, 0.5) is 0 Å². The highest BCUT2D eigenvalue weighted by molar-refractivity contribution is 5.84. The fourth-order valence-corrected chi connectivity index (χ4v) is 1.20. The lowest BCUT2D eigenvalue weighted by Gasteiger charge is -2.13. The van der Waals surface area contributed by atoms with E-state index in [4.69, 9.17) is 9.84 Å². The number of esters is 1. The van der Waals surface area contributed by atoms with Gasteiger partial charge in [-0.25, -0.2) is 0 Å². The molecule has 0 saturated carbocycles. The van der Waals surface area contributed by atoms with Gasteiger partial charge in [0.05, 0.1) is 11.8 Å². The van der Waals surface area contributed by atoms with Crippen LogP contribution in [0.3, 0.4) is 0 Å². The molecule has 0 aromatic heterocycles. The number of aliphatic carboxylic acids is 1. The number of hydrogen-bond acceptors (Lipinski definition) is 3. The van der Waals surface area contributed by atoms with Crippen molar-refractivity contribution in [2.75, 3.05) is 0 Å². The predicted octanol–water partition coefficient (Wildman–Crippen LogP) is 0.969. The van der Waals surface area contributed by atoms with Crippen molar-refractivity contribution in [2.45, 2.75) is 26.4 Å². The van der Waals surface area contributed by atoms with Gasteiger partial charge in [0.1, 0.15) is 6.10 Å². The first-order valence-corrected chi connectivity index (χ1v) is 3.98. The van der Waals surface area contributed by atoms with Crippen molar-refractivity contribution in [1.82, 2.24) is 0 Å². The van der Waals surface area contributed by atoms with Crippen LogP contribution < -0.4 is 0 Å². The molecule has 13 heavy (non-hydrogen) atoms. The van der Waals surface area contributed by atoms with Gasteiger partial charge >= 0.3 is 11.9 Å². The molecular formula is C9H12O4. The Kier molecular flexibility index (Phi) is 2.15. The summed E-state index contributed by atoms with van der Waals surface area (Å²) in [5.74, 6) is -1.39. The molecule has 1 fully saturated rings. The molecule has 1 heterocycles. The molecule has 72 valence electrons. The van der Waals surface area contributed by atoms with Crippen LogP contribution >= 0.6 is 0 Å². The SMILES string of the molecule is C=C1C(CC(=O)O)OC(=O)C1(C)C. The first-order valence-electron chi connectivity index (χ1n) is 3.98. The standard InChI is InChI=1S/C9H12O4/c1-5-6(4-7(10)11)13-8(12)9(5,2)3/h6H,1,4H2,2-3H3,(H,10,11). The maximum absolute atomic E-state index is 11.2. The zero-order chi connectivity index (χ0) is 10.2. The Morgan fingerprint density at radius 1 is 1.69 bits per heavy atom. The molecule has 1 N–H and O–H groups in total. The number of carboxylic acid groups (broad SMARTS) is 1. The number of hydrogen-bond donors (Lipinski definition) is 1. The van der Waals surface area contributed by atoms with Crippen molar-refractivity contribution < 1.29 is 19.4 Å². The van der Waals surface area contributed by atoms with Gasteiger partial charge in [0.25, 0.3) is 0 Å². The average molecular weight is 184 g/mol. The van der Waals surface area contributed by atoms with Gasteiger partial charge in [-0.1, -0.05) is 6.58 Å². The Hall–Kier alpha value is -1.32. The number of carbonyl (C=O) groups excluding carboxylic acids is 1. The normalized spacial score (nSPS) is 25.8. The number of rotatable bonds is 2. The highest BCUT2D eigenvalue weighted by Crippen LogP contribution is 2.38. The minimum absolute atomic E-state index is 0.200. The fourth-order valence-electron chi connectivity index (χ4n) is 1.20. The first-order chi connectivity index (χ1) is 5.85. The van der Waals surface area contributed by atoms with Crippen molar-refractivity contribution in [3.05, 3.63) is 12.2 Å². The van der Waals surface area contributed by atoms with Crippen LogP contribution in [-0.4, -0.2) is 23.1 Å². The van der Waals surface area contributed by atoms with Gasteiger partial charge in [-0.15, -0.1) is 0 Å². The summed E-state index contributed by atoms with van der Waals surface area (Å²) in [6, 6.07) is 0. The Labute approximate surface area is 76.2 Å². The van der Waals surface area contributed by atoms with E-state index in [1.165, 1.54) is 0 Å². The maximum Gasteiger partial charge on any atom is 0.316 e. The van der Waals surface area contributed by atoms with Crippen LogP contribution in [0.1, 0.15) is 20.3 Å². The summed E-state index contributed by atoms with van der Waals surface area (Å²) >= 11 is 0. The van der Waals surface area contributed by atoms with Crippen molar-refractivity contribution in [2.24, 2.45) is 5.41 Å². The van der Waals surface area contributed by atoms with E-state index in [9.17, 15) is 9.59 Å². The van der Waals surface area contributed by atoms with E-state index in [1.807, 2.05) is 0 Å². The lowest BCUT2D eigenvalue weighted by molar-refractivity contribution is -0.149. The number of carboxylic acids is 1. The van der Waals surface area contributed by atoms with Gasteiger partial charge in [0.15, 0.2) is 0 Å².